The van der Waals surface area contributed by atoms with Gasteiger partial charge in [-0.15, -0.1) is 0 Å². The van der Waals surface area contributed by atoms with Crippen molar-refractivity contribution in [1.29, 1.82) is 0 Å². The Hall–Kier alpha value is -1.44. The first-order chi connectivity index (χ1) is 8.43. The zero-order valence-electron chi connectivity index (χ0n) is 9.07. The zero-order chi connectivity index (χ0) is 11.2. The van der Waals surface area contributed by atoms with E-state index in [1.807, 2.05) is 0 Å². The van der Waals surface area contributed by atoms with E-state index in [2.05, 4.69) is 58.3 Å². The van der Waals surface area contributed by atoms with Crippen LogP contribution in [0, 0.1) is 3.57 Å². The molecular formula is C16H9I. The van der Waals surface area contributed by atoms with E-state index in [0.29, 0.717) is 0 Å². The van der Waals surface area contributed by atoms with Gasteiger partial charge in [-0.1, -0.05) is 46.1 Å². The van der Waals surface area contributed by atoms with Gasteiger partial charge in [0.05, 0.1) is 0 Å². The molecular weight excluding hydrogens is 319 g/mol. The second kappa shape index (κ2) is 3.52. The van der Waals surface area contributed by atoms with Gasteiger partial charge in [-0.25, -0.2) is 0 Å². The van der Waals surface area contributed by atoms with E-state index in [4.69, 9.17) is 0 Å². The summed E-state index contributed by atoms with van der Waals surface area (Å²) in [5.41, 5.74) is 1.32. The third kappa shape index (κ3) is 1.33. The Balaban J connectivity index is 2.45. The molecule has 17 heavy (non-hydrogen) atoms. The summed E-state index contributed by atoms with van der Waals surface area (Å²) in [6.45, 7) is 0. The van der Waals surface area contributed by atoms with Crippen LogP contribution in [0.1, 0.15) is 5.56 Å². The predicted octanol–water partition coefficient (Wildman–Crippen LogP) is 4.56. The monoisotopic (exact) mass is 328 g/mol. The fourth-order valence-electron chi connectivity index (χ4n) is 2.48. The molecule has 0 spiro atoms. The maximum absolute atomic E-state index is 3.50. The maximum atomic E-state index is 3.50. The van der Waals surface area contributed by atoms with E-state index < -0.39 is 0 Å². The van der Waals surface area contributed by atoms with Crippen molar-refractivity contribution in [2.45, 2.75) is 0 Å². The van der Waals surface area contributed by atoms with E-state index in [1.54, 1.807) is 0 Å². The average Bonchev–Trinajstić information content (AvgIpc) is 2.57. The summed E-state index contributed by atoms with van der Waals surface area (Å²) in [6, 6.07) is 17.6. The van der Waals surface area contributed by atoms with Crippen molar-refractivity contribution < 1.29 is 0 Å². The van der Waals surface area contributed by atoms with Gasteiger partial charge in [0, 0.05) is 8.96 Å². The maximum Gasteiger partial charge on any atom is 0.0235 e. The summed E-state index contributed by atoms with van der Waals surface area (Å²) in [5, 5.41) is 5.56. The number of halogens is 1. The molecule has 0 saturated carbocycles. The molecule has 0 bridgehead atoms. The first-order valence-corrected chi connectivity index (χ1v) is 7.76. The van der Waals surface area contributed by atoms with Gasteiger partial charge in [0.25, 0.3) is 0 Å². The predicted molar refractivity (Wildman–Crippen MR) is 83.6 cm³/mol. The van der Waals surface area contributed by atoms with Gasteiger partial charge < -0.3 is 0 Å². The van der Waals surface area contributed by atoms with E-state index >= 15 is 0 Å². The topological polar surface area (TPSA) is 0 Å². The third-order valence-electron chi connectivity index (χ3n) is 3.23. The molecule has 0 N–H and O–H groups in total. The molecule has 0 atom stereocenters. The van der Waals surface area contributed by atoms with E-state index in [0.717, 1.165) is 0 Å². The van der Waals surface area contributed by atoms with Crippen molar-refractivity contribution >= 4 is 52.0 Å². The highest BCUT2D eigenvalue weighted by atomic mass is 127. The highest BCUT2D eigenvalue weighted by molar-refractivity contribution is 14.2. The molecule has 80 valence electrons. The zero-order valence-corrected chi connectivity index (χ0v) is 11.2. The number of benzene rings is 3. The lowest BCUT2D eigenvalue weighted by Crippen LogP contribution is -1.83. The molecule has 3 aromatic carbocycles. The van der Waals surface area contributed by atoms with Crippen molar-refractivity contribution in [2.75, 3.05) is 0 Å². The normalized spacial score (nSPS) is 12.9. The van der Waals surface area contributed by atoms with Gasteiger partial charge in [-0.3, -0.25) is 0 Å². The highest BCUT2D eigenvalue weighted by Crippen LogP contribution is 2.34. The lowest BCUT2D eigenvalue weighted by Gasteiger charge is -2.07. The molecule has 1 heteroatoms. The largest absolute Gasteiger partial charge is 0.0813 e. The first kappa shape index (κ1) is 9.58. The van der Waals surface area contributed by atoms with Gasteiger partial charge in [-0.05, 0) is 54.6 Å². The summed E-state index contributed by atoms with van der Waals surface area (Å²) < 4.78 is 4.99. The minimum atomic E-state index is -0.116. The van der Waals surface area contributed by atoms with Crippen LogP contribution in [0.3, 0.4) is 0 Å². The second-order valence-corrected chi connectivity index (χ2v) is 6.52. The second-order valence-electron chi connectivity index (χ2n) is 4.20. The van der Waals surface area contributed by atoms with Gasteiger partial charge in [0.2, 0.25) is 0 Å². The van der Waals surface area contributed by atoms with Gasteiger partial charge in [0.15, 0.2) is 0 Å². The molecule has 1 heterocycles. The van der Waals surface area contributed by atoms with Crippen LogP contribution in [0.4, 0.5) is 0 Å². The van der Waals surface area contributed by atoms with Crippen LogP contribution < -0.4 is 0 Å². The van der Waals surface area contributed by atoms with Crippen molar-refractivity contribution in [3.05, 3.63) is 57.7 Å². The highest BCUT2D eigenvalue weighted by Gasteiger charge is 2.08. The Labute approximate surface area is 109 Å². The lowest BCUT2D eigenvalue weighted by atomic mass is 9.98. The summed E-state index contributed by atoms with van der Waals surface area (Å²) in [6.07, 6.45) is 2.18. The van der Waals surface area contributed by atoms with Crippen LogP contribution >= 0.6 is 20.7 Å². The standard InChI is InChI=1S/C16H9I/c1-3-11-7-8-12-5-2-6-14-16(12)15(11)13(4-1)9-10-17-14/h1-9H. The minimum Gasteiger partial charge on any atom is -0.0813 e. The van der Waals surface area contributed by atoms with Gasteiger partial charge in [-0.2, -0.15) is 0 Å². The Kier molecular flexibility index (Phi) is 1.99. The van der Waals surface area contributed by atoms with Crippen molar-refractivity contribution in [2.24, 2.45) is 0 Å². The fraction of sp³-hybridized carbons (Fsp3) is 0. The van der Waals surface area contributed by atoms with Crippen LogP contribution in [-0.2, 0) is 0 Å². The smallest absolute Gasteiger partial charge is 0.0235 e. The number of hydrogen-bond acceptors (Lipinski definition) is 0. The van der Waals surface area contributed by atoms with E-state index in [9.17, 15) is 0 Å². The van der Waals surface area contributed by atoms with Gasteiger partial charge >= 0.3 is 0 Å². The molecule has 0 amide bonds. The molecule has 0 unspecified atom stereocenters. The summed E-state index contributed by atoms with van der Waals surface area (Å²) >= 11 is -0.116. The first-order valence-electron chi connectivity index (χ1n) is 5.60. The van der Waals surface area contributed by atoms with Crippen molar-refractivity contribution in [1.82, 2.24) is 0 Å². The molecule has 0 radical (unpaired) electrons. The number of rotatable bonds is 0. The van der Waals surface area contributed by atoms with Crippen LogP contribution in [-0.4, -0.2) is 3.67 Å². The molecule has 1 aliphatic rings. The molecule has 0 fully saturated rings. The molecule has 0 nitrogen and oxygen atoms in total. The van der Waals surface area contributed by atoms with Crippen LogP contribution in [0.2, 0.25) is 0 Å². The summed E-state index contributed by atoms with van der Waals surface area (Å²) in [5.74, 6) is 0. The third-order valence-corrected chi connectivity index (χ3v) is 5.34. The van der Waals surface area contributed by atoms with Crippen LogP contribution in [0.25, 0.3) is 27.6 Å². The Morgan fingerprint density at radius 3 is 2.41 bits per heavy atom. The SMILES string of the molecule is C1=Cc2cccc3ccc4cccc(c4c23)I=1. The van der Waals surface area contributed by atoms with Crippen LogP contribution in [0.15, 0.2) is 48.5 Å². The van der Waals surface area contributed by atoms with E-state index in [1.165, 1.54) is 30.7 Å². The molecule has 0 saturated heterocycles. The Morgan fingerprint density at radius 2 is 1.53 bits per heavy atom. The summed E-state index contributed by atoms with van der Waals surface area (Å²) in [7, 11) is 0. The molecule has 3 aromatic rings. The molecule has 4 rings (SSSR count). The quantitative estimate of drug-likeness (QED) is 0.328. The molecule has 0 aliphatic carbocycles. The van der Waals surface area contributed by atoms with Gasteiger partial charge in [0.1, 0.15) is 0 Å². The Morgan fingerprint density at radius 1 is 0.765 bits per heavy atom. The lowest BCUT2D eigenvalue weighted by molar-refractivity contribution is 1.71. The van der Waals surface area contributed by atoms with Crippen LogP contribution in [0.5, 0.6) is 0 Å². The summed E-state index contributed by atoms with van der Waals surface area (Å²) in [4.78, 5) is 0. The average molecular weight is 328 g/mol. The minimum absolute atomic E-state index is 0.116. The van der Waals surface area contributed by atoms with Crippen molar-refractivity contribution in [3.8, 4) is 0 Å². The molecule has 1 aliphatic heterocycles. The molecule has 0 aromatic heterocycles. The number of hydrogen-bond donors (Lipinski definition) is 0. The Bertz CT molecular complexity index is 755. The van der Waals surface area contributed by atoms with E-state index in [-0.39, 0.29) is 20.7 Å². The van der Waals surface area contributed by atoms with Crippen molar-refractivity contribution in [3.63, 3.8) is 0 Å². The fourth-order valence-corrected chi connectivity index (χ4v) is 4.55.